The van der Waals surface area contributed by atoms with Gasteiger partial charge in [-0.2, -0.15) is 0 Å². The van der Waals surface area contributed by atoms with Gasteiger partial charge in [0.15, 0.2) is 0 Å². The minimum absolute atomic E-state index is 0.305. The second-order valence-electron chi connectivity index (χ2n) is 7.96. The molecule has 0 radical (unpaired) electrons. The van der Waals surface area contributed by atoms with E-state index < -0.39 is 23.5 Å². The SMILES string of the molecule is CC(C(=O)Nc1ccc(OCc2ccccc2Cl)cc1)N1C(=O)NC2(CCCC2)C1=O. The Balaban J connectivity index is 1.35. The molecule has 4 amide bonds. The van der Waals surface area contributed by atoms with Crippen LogP contribution in [0.2, 0.25) is 5.02 Å². The van der Waals surface area contributed by atoms with Gasteiger partial charge in [-0.15, -0.1) is 0 Å². The van der Waals surface area contributed by atoms with Gasteiger partial charge in [-0.25, -0.2) is 9.69 Å². The van der Waals surface area contributed by atoms with Crippen LogP contribution in [0.25, 0.3) is 0 Å². The number of nitrogens with zero attached hydrogens (tertiary/aromatic N) is 1. The number of hydrogen-bond acceptors (Lipinski definition) is 4. The van der Waals surface area contributed by atoms with Gasteiger partial charge in [0, 0.05) is 16.3 Å². The fourth-order valence-electron chi connectivity index (χ4n) is 4.09. The van der Waals surface area contributed by atoms with Crippen LogP contribution in [-0.2, 0) is 16.2 Å². The number of imide groups is 1. The standard InChI is InChI=1S/C23H24ClN3O4/c1-15(27-21(29)23(26-22(27)30)12-4-5-13-23)20(28)25-17-8-10-18(11-9-17)31-14-16-6-2-3-7-19(16)24/h2-3,6-11,15H,4-5,12-14H2,1H3,(H,25,28)(H,26,30). The normalized spacial score (nSPS) is 18.2. The summed E-state index contributed by atoms with van der Waals surface area (Å²) in [6, 6.07) is 12.9. The molecular weight excluding hydrogens is 418 g/mol. The number of rotatable bonds is 6. The lowest BCUT2D eigenvalue weighted by Crippen LogP contribution is -2.48. The number of halogens is 1. The lowest BCUT2D eigenvalue weighted by atomic mass is 9.97. The highest BCUT2D eigenvalue weighted by molar-refractivity contribution is 6.31. The van der Waals surface area contributed by atoms with E-state index in [0.717, 1.165) is 23.3 Å². The van der Waals surface area contributed by atoms with Crippen LogP contribution in [0.1, 0.15) is 38.2 Å². The predicted molar refractivity (Wildman–Crippen MR) is 117 cm³/mol. The lowest BCUT2D eigenvalue weighted by Gasteiger charge is -2.23. The summed E-state index contributed by atoms with van der Waals surface area (Å²) in [5, 5.41) is 6.20. The minimum Gasteiger partial charge on any atom is -0.489 e. The summed E-state index contributed by atoms with van der Waals surface area (Å²) in [5.74, 6) is -0.104. The van der Waals surface area contributed by atoms with Crippen molar-refractivity contribution >= 4 is 35.1 Å². The van der Waals surface area contributed by atoms with Crippen molar-refractivity contribution in [2.75, 3.05) is 5.32 Å². The van der Waals surface area contributed by atoms with Gasteiger partial charge in [-0.3, -0.25) is 9.59 Å². The van der Waals surface area contributed by atoms with Crippen molar-refractivity contribution in [2.24, 2.45) is 0 Å². The molecule has 0 bridgehead atoms. The minimum atomic E-state index is -0.913. The quantitative estimate of drug-likeness (QED) is 0.660. The topological polar surface area (TPSA) is 87.7 Å². The van der Waals surface area contributed by atoms with Crippen LogP contribution in [0.5, 0.6) is 5.75 Å². The number of carbonyl (C=O) groups excluding carboxylic acids is 3. The van der Waals surface area contributed by atoms with Crippen LogP contribution in [0.4, 0.5) is 10.5 Å². The first-order chi connectivity index (χ1) is 14.9. The number of benzene rings is 2. The Bertz CT molecular complexity index is 1000. The Hall–Kier alpha value is -3.06. The molecule has 162 valence electrons. The molecule has 31 heavy (non-hydrogen) atoms. The molecule has 2 aromatic rings. The maximum absolute atomic E-state index is 12.8. The van der Waals surface area contributed by atoms with E-state index in [9.17, 15) is 14.4 Å². The van der Waals surface area contributed by atoms with Crippen molar-refractivity contribution in [3.63, 3.8) is 0 Å². The number of urea groups is 1. The number of carbonyl (C=O) groups is 3. The first-order valence-corrected chi connectivity index (χ1v) is 10.7. The maximum atomic E-state index is 12.8. The van der Waals surface area contributed by atoms with Crippen molar-refractivity contribution in [2.45, 2.75) is 50.8 Å². The zero-order valence-corrected chi connectivity index (χ0v) is 17.9. The van der Waals surface area contributed by atoms with E-state index in [0.29, 0.717) is 35.9 Å². The largest absolute Gasteiger partial charge is 0.489 e. The van der Waals surface area contributed by atoms with Crippen LogP contribution >= 0.6 is 11.6 Å². The van der Waals surface area contributed by atoms with Gasteiger partial charge in [-0.05, 0) is 50.1 Å². The summed E-state index contributed by atoms with van der Waals surface area (Å²) in [7, 11) is 0. The van der Waals surface area contributed by atoms with Crippen LogP contribution in [-0.4, -0.2) is 34.3 Å². The molecule has 1 atom stereocenters. The molecule has 2 aromatic carbocycles. The monoisotopic (exact) mass is 441 g/mol. The molecule has 1 aliphatic heterocycles. The highest BCUT2D eigenvalue weighted by atomic mass is 35.5. The highest BCUT2D eigenvalue weighted by Crippen LogP contribution is 2.35. The second-order valence-corrected chi connectivity index (χ2v) is 8.37. The van der Waals surface area contributed by atoms with Gasteiger partial charge in [-0.1, -0.05) is 42.6 Å². The lowest BCUT2D eigenvalue weighted by molar-refractivity contribution is -0.136. The third kappa shape index (κ3) is 4.23. The predicted octanol–water partition coefficient (Wildman–Crippen LogP) is 4.11. The van der Waals surface area contributed by atoms with E-state index in [1.807, 2.05) is 18.2 Å². The molecule has 7 nitrogen and oxygen atoms in total. The Labute approximate surface area is 185 Å². The first-order valence-electron chi connectivity index (χ1n) is 10.3. The van der Waals surface area contributed by atoms with Crippen molar-refractivity contribution in [3.05, 3.63) is 59.1 Å². The zero-order chi connectivity index (χ0) is 22.0. The summed E-state index contributed by atoms with van der Waals surface area (Å²) >= 11 is 6.13. The van der Waals surface area contributed by atoms with Crippen LogP contribution in [0.15, 0.2) is 48.5 Å². The second kappa shape index (κ2) is 8.59. The summed E-state index contributed by atoms with van der Waals surface area (Å²) in [4.78, 5) is 39.0. The number of ether oxygens (including phenoxy) is 1. The average molecular weight is 442 g/mol. The molecule has 1 heterocycles. The smallest absolute Gasteiger partial charge is 0.325 e. The molecule has 0 aromatic heterocycles. The van der Waals surface area contributed by atoms with Crippen molar-refractivity contribution < 1.29 is 19.1 Å². The van der Waals surface area contributed by atoms with Gasteiger partial charge < -0.3 is 15.4 Å². The number of nitrogens with one attached hydrogen (secondary N) is 2. The Morgan fingerprint density at radius 1 is 1.16 bits per heavy atom. The fraction of sp³-hybridized carbons (Fsp3) is 0.348. The van der Waals surface area contributed by atoms with Crippen LogP contribution in [0.3, 0.4) is 0 Å². The Morgan fingerprint density at radius 3 is 2.52 bits per heavy atom. The highest BCUT2D eigenvalue weighted by Gasteiger charge is 2.54. The number of amides is 4. The number of hydrogen-bond donors (Lipinski definition) is 2. The Morgan fingerprint density at radius 2 is 1.84 bits per heavy atom. The molecule has 1 saturated carbocycles. The zero-order valence-electron chi connectivity index (χ0n) is 17.2. The summed E-state index contributed by atoms with van der Waals surface area (Å²) in [6.07, 6.45) is 3.03. The summed E-state index contributed by atoms with van der Waals surface area (Å²) in [5.41, 5.74) is 0.597. The molecule has 1 unspecified atom stereocenters. The van der Waals surface area contributed by atoms with Crippen molar-refractivity contribution in [1.82, 2.24) is 10.2 Å². The third-order valence-corrected chi connectivity index (χ3v) is 6.26. The third-order valence-electron chi connectivity index (χ3n) is 5.89. The van der Waals surface area contributed by atoms with Gasteiger partial charge in [0.25, 0.3) is 5.91 Å². The van der Waals surface area contributed by atoms with E-state index >= 15 is 0 Å². The molecule has 1 saturated heterocycles. The van der Waals surface area contributed by atoms with Gasteiger partial charge >= 0.3 is 6.03 Å². The molecule has 2 aliphatic rings. The van der Waals surface area contributed by atoms with Crippen LogP contribution in [0, 0.1) is 0 Å². The molecule has 8 heteroatoms. The summed E-state index contributed by atoms with van der Waals surface area (Å²) < 4.78 is 5.74. The van der Waals surface area contributed by atoms with Gasteiger partial charge in [0.05, 0.1) is 0 Å². The molecule has 2 N–H and O–H groups in total. The maximum Gasteiger partial charge on any atom is 0.325 e. The van der Waals surface area contributed by atoms with E-state index in [4.69, 9.17) is 16.3 Å². The molecular formula is C23H24ClN3O4. The van der Waals surface area contributed by atoms with Crippen molar-refractivity contribution in [3.8, 4) is 5.75 Å². The van der Waals surface area contributed by atoms with E-state index in [1.165, 1.54) is 0 Å². The molecule has 1 spiro atoms. The van der Waals surface area contributed by atoms with Crippen LogP contribution < -0.4 is 15.4 Å². The van der Waals surface area contributed by atoms with E-state index in [-0.39, 0.29) is 5.91 Å². The van der Waals surface area contributed by atoms with Crippen molar-refractivity contribution in [1.29, 1.82) is 0 Å². The molecule has 1 aliphatic carbocycles. The van der Waals surface area contributed by atoms with Gasteiger partial charge in [0.1, 0.15) is 23.9 Å². The fourth-order valence-corrected chi connectivity index (χ4v) is 4.28. The first kappa shape index (κ1) is 21.2. The van der Waals surface area contributed by atoms with E-state index in [1.54, 1.807) is 37.3 Å². The Kier molecular flexibility index (Phi) is 5.87. The average Bonchev–Trinajstić information content (AvgIpc) is 3.32. The molecule has 4 rings (SSSR count). The van der Waals surface area contributed by atoms with E-state index in [2.05, 4.69) is 10.6 Å². The molecule has 2 fully saturated rings. The van der Waals surface area contributed by atoms with Gasteiger partial charge in [0.2, 0.25) is 5.91 Å². The number of anilines is 1. The summed E-state index contributed by atoms with van der Waals surface area (Å²) in [6.45, 7) is 1.89.